The standard InChI is InChI=1S/C18H28N2O3/c1-14(2)20-9-8-15(13-20)12-19-18(21)16-6-4-5-7-17(16)23-11-10-22-3/h4-7,14-15H,8-13H2,1-3H3,(H,19,21). The Kier molecular flexibility index (Phi) is 6.86. The number of hydrogen-bond donors (Lipinski definition) is 1. The highest BCUT2D eigenvalue weighted by Gasteiger charge is 2.24. The van der Waals surface area contributed by atoms with Crippen molar-refractivity contribution in [2.24, 2.45) is 5.92 Å². The van der Waals surface area contributed by atoms with Crippen LogP contribution in [-0.2, 0) is 4.74 Å². The third-order valence-electron chi connectivity index (χ3n) is 4.28. The van der Waals surface area contributed by atoms with E-state index in [2.05, 4.69) is 24.1 Å². The minimum Gasteiger partial charge on any atom is -0.490 e. The monoisotopic (exact) mass is 320 g/mol. The van der Waals surface area contributed by atoms with Gasteiger partial charge < -0.3 is 19.7 Å². The molecule has 2 rings (SSSR count). The average Bonchev–Trinajstić information content (AvgIpc) is 3.02. The highest BCUT2D eigenvalue weighted by Crippen LogP contribution is 2.20. The van der Waals surface area contributed by atoms with Crippen LogP contribution in [0.4, 0.5) is 0 Å². The average molecular weight is 320 g/mol. The Morgan fingerprint density at radius 3 is 2.83 bits per heavy atom. The van der Waals surface area contributed by atoms with Gasteiger partial charge in [-0.1, -0.05) is 12.1 Å². The summed E-state index contributed by atoms with van der Waals surface area (Å²) in [6, 6.07) is 7.92. The van der Waals surface area contributed by atoms with E-state index >= 15 is 0 Å². The number of likely N-dealkylation sites (tertiary alicyclic amines) is 1. The molecule has 1 aliphatic heterocycles. The number of benzene rings is 1. The number of ether oxygens (including phenoxy) is 2. The van der Waals surface area contributed by atoms with Gasteiger partial charge in [0, 0.05) is 26.2 Å². The van der Waals surface area contributed by atoms with Gasteiger partial charge in [0.05, 0.1) is 12.2 Å². The molecule has 1 aromatic carbocycles. The van der Waals surface area contributed by atoms with Gasteiger partial charge in [0.25, 0.3) is 5.91 Å². The van der Waals surface area contributed by atoms with Crippen LogP contribution < -0.4 is 10.1 Å². The van der Waals surface area contributed by atoms with Crippen molar-refractivity contribution in [3.05, 3.63) is 29.8 Å². The van der Waals surface area contributed by atoms with E-state index in [4.69, 9.17) is 9.47 Å². The predicted octanol–water partition coefficient (Wildman–Crippen LogP) is 2.17. The fourth-order valence-corrected chi connectivity index (χ4v) is 2.85. The van der Waals surface area contributed by atoms with Gasteiger partial charge in [-0.25, -0.2) is 0 Å². The van der Waals surface area contributed by atoms with Gasteiger partial charge in [-0.3, -0.25) is 4.79 Å². The van der Waals surface area contributed by atoms with Crippen LogP contribution in [0.1, 0.15) is 30.6 Å². The summed E-state index contributed by atoms with van der Waals surface area (Å²) in [5, 5.41) is 3.05. The summed E-state index contributed by atoms with van der Waals surface area (Å²) in [4.78, 5) is 14.9. The first kappa shape index (κ1) is 17.8. The van der Waals surface area contributed by atoms with Crippen LogP contribution in [0.3, 0.4) is 0 Å². The molecule has 0 aliphatic carbocycles. The quantitative estimate of drug-likeness (QED) is 0.746. The Morgan fingerprint density at radius 2 is 2.13 bits per heavy atom. The van der Waals surface area contributed by atoms with Crippen molar-refractivity contribution >= 4 is 5.91 Å². The van der Waals surface area contributed by atoms with E-state index in [0.29, 0.717) is 43.0 Å². The number of carbonyl (C=O) groups is 1. The lowest BCUT2D eigenvalue weighted by molar-refractivity contribution is 0.0939. The summed E-state index contributed by atoms with van der Waals surface area (Å²) in [5.41, 5.74) is 0.585. The van der Waals surface area contributed by atoms with E-state index < -0.39 is 0 Å². The first-order chi connectivity index (χ1) is 11.1. The smallest absolute Gasteiger partial charge is 0.255 e. The Labute approximate surface area is 139 Å². The molecule has 1 heterocycles. The third kappa shape index (κ3) is 5.22. The second-order valence-corrected chi connectivity index (χ2v) is 6.29. The molecule has 128 valence electrons. The van der Waals surface area contributed by atoms with E-state index in [9.17, 15) is 4.79 Å². The number of para-hydroxylation sites is 1. The van der Waals surface area contributed by atoms with E-state index in [1.165, 1.54) is 0 Å². The highest BCUT2D eigenvalue weighted by molar-refractivity contribution is 5.96. The molecule has 0 radical (unpaired) electrons. The molecule has 1 aliphatic rings. The number of nitrogens with zero attached hydrogens (tertiary/aromatic N) is 1. The highest BCUT2D eigenvalue weighted by atomic mass is 16.5. The normalized spacial score (nSPS) is 18.3. The van der Waals surface area contributed by atoms with Crippen LogP contribution in [0.15, 0.2) is 24.3 Å². The third-order valence-corrected chi connectivity index (χ3v) is 4.28. The van der Waals surface area contributed by atoms with Gasteiger partial charge in [0.1, 0.15) is 12.4 Å². The lowest BCUT2D eigenvalue weighted by Gasteiger charge is -2.20. The Hall–Kier alpha value is -1.59. The van der Waals surface area contributed by atoms with Crippen LogP contribution in [0, 0.1) is 5.92 Å². The molecule has 1 atom stereocenters. The Morgan fingerprint density at radius 1 is 1.35 bits per heavy atom. The van der Waals surface area contributed by atoms with E-state index in [1.54, 1.807) is 13.2 Å². The maximum atomic E-state index is 12.4. The zero-order valence-corrected chi connectivity index (χ0v) is 14.4. The largest absolute Gasteiger partial charge is 0.490 e. The molecule has 1 unspecified atom stereocenters. The number of amides is 1. The maximum Gasteiger partial charge on any atom is 0.255 e. The van der Waals surface area contributed by atoms with Gasteiger partial charge in [0.15, 0.2) is 0 Å². The van der Waals surface area contributed by atoms with Gasteiger partial charge in [-0.2, -0.15) is 0 Å². The molecular weight excluding hydrogens is 292 g/mol. The molecule has 1 amide bonds. The molecule has 1 N–H and O–H groups in total. The van der Waals surface area contributed by atoms with E-state index in [0.717, 1.165) is 19.5 Å². The molecule has 0 spiro atoms. The topological polar surface area (TPSA) is 50.8 Å². The molecule has 0 aromatic heterocycles. The summed E-state index contributed by atoms with van der Waals surface area (Å²) >= 11 is 0. The molecule has 0 saturated carbocycles. The minimum atomic E-state index is -0.0685. The molecule has 1 saturated heterocycles. The Bertz CT molecular complexity index is 505. The van der Waals surface area contributed by atoms with Crippen molar-refractivity contribution in [2.45, 2.75) is 26.3 Å². The second kappa shape index (κ2) is 8.89. The van der Waals surface area contributed by atoms with Crippen LogP contribution in [-0.4, -0.2) is 56.8 Å². The molecular formula is C18H28N2O3. The van der Waals surface area contributed by atoms with Crippen molar-refractivity contribution in [3.8, 4) is 5.75 Å². The van der Waals surface area contributed by atoms with Crippen LogP contribution >= 0.6 is 0 Å². The van der Waals surface area contributed by atoms with Crippen molar-refractivity contribution < 1.29 is 14.3 Å². The number of hydrogen-bond acceptors (Lipinski definition) is 4. The fraction of sp³-hybridized carbons (Fsp3) is 0.611. The number of nitrogens with one attached hydrogen (secondary N) is 1. The minimum absolute atomic E-state index is 0.0685. The van der Waals surface area contributed by atoms with Crippen molar-refractivity contribution in [1.82, 2.24) is 10.2 Å². The lowest BCUT2D eigenvalue weighted by atomic mass is 10.1. The first-order valence-corrected chi connectivity index (χ1v) is 8.34. The van der Waals surface area contributed by atoms with Crippen LogP contribution in [0.2, 0.25) is 0 Å². The first-order valence-electron chi connectivity index (χ1n) is 8.34. The summed E-state index contributed by atoms with van der Waals surface area (Å²) < 4.78 is 10.6. The van der Waals surface area contributed by atoms with Crippen molar-refractivity contribution in [3.63, 3.8) is 0 Å². The van der Waals surface area contributed by atoms with E-state index in [-0.39, 0.29) is 5.91 Å². The van der Waals surface area contributed by atoms with E-state index in [1.807, 2.05) is 18.2 Å². The Balaban J connectivity index is 1.86. The SMILES string of the molecule is COCCOc1ccccc1C(=O)NCC1CCN(C(C)C)C1. The molecule has 23 heavy (non-hydrogen) atoms. The molecule has 5 nitrogen and oxygen atoms in total. The predicted molar refractivity (Wildman–Crippen MR) is 91.0 cm³/mol. The van der Waals surface area contributed by atoms with Gasteiger partial charge in [0.2, 0.25) is 0 Å². The van der Waals surface area contributed by atoms with Gasteiger partial charge >= 0.3 is 0 Å². The molecule has 1 fully saturated rings. The van der Waals surface area contributed by atoms with Crippen molar-refractivity contribution in [2.75, 3.05) is 40.0 Å². The van der Waals surface area contributed by atoms with Gasteiger partial charge in [-0.15, -0.1) is 0 Å². The van der Waals surface area contributed by atoms with Gasteiger partial charge in [-0.05, 0) is 44.9 Å². The number of rotatable bonds is 8. The molecule has 5 heteroatoms. The fourth-order valence-electron chi connectivity index (χ4n) is 2.85. The number of methoxy groups -OCH3 is 1. The second-order valence-electron chi connectivity index (χ2n) is 6.29. The van der Waals surface area contributed by atoms with Crippen LogP contribution in [0.5, 0.6) is 5.75 Å². The summed E-state index contributed by atoms with van der Waals surface area (Å²) in [7, 11) is 1.63. The summed E-state index contributed by atoms with van der Waals surface area (Å²) in [6.07, 6.45) is 1.14. The molecule has 0 bridgehead atoms. The zero-order valence-electron chi connectivity index (χ0n) is 14.4. The lowest BCUT2D eigenvalue weighted by Crippen LogP contribution is -2.33. The molecule has 1 aromatic rings. The maximum absolute atomic E-state index is 12.4. The van der Waals surface area contributed by atoms with Crippen LogP contribution in [0.25, 0.3) is 0 Å². The number of carbonyl (C=O) groups excluding carboxylic acids is 1. The summed E-state index contributed by atoms with van der Waals surface area (Å²) in [6.45, 7) is 8.27. The summed E-state index contributed by atoms with van der Waals surface area (Å²) in [5.74, 6) is 1.07. The zero-order chi connectivity index (χ0) is 16.7. The van der Waals surface area contributed by atoms with Crippen molar-refractivity contribution in [1.29, 1.82) is 0 Å².